The Labute approximate surface area is 124 Å². The van der Waals surface area contributed by atoms with Crippen molar-refractivity contribution in [1.29, 1.82) is 0 Å². The fraction of sp³-hybridized carbons (Fsp3) is 0.231. The number of halogens is 2. The van der Waals surface area contributed by atoms with E-state index in [0.717, 1.165) is 17.4 Å². The predicted octanol–water partition coefficient (Wildman–Crippen LogP) is 4.35. The number of hydrogen-bond donors (Lipinski definition) is 1. The lowest BCUT2D eigenvalue weighted by atomic mass is 10.3. The lowest BCUT2D eigenvalue weighted by molar-refractivity contribution is 0.602. The third-order valence-electron chi connectivity index (χ3n) is 2.29. The highest BCUT2D eigenvalue weighted by molar-refractivity contribution is 9.10. The van der Waals surface area contributed by atoms with E-state index in [1.165, 1.54) is 17.8 Å². The number of benzene rings is 1. The average Bonchev–Trinajstić information content (AvgIpc) is 2.42. The molecule has 1 heterocycles. The lowest BCUT2D eigenvalue weighted by Crippen LogP contribution is -2.04. The zero-order valence-corrected chi connectivity index (χ0v) is 12.8. The van der Waals surface area contributed by atoms with Crippen LogP contribution in [-0.2, 0) is 0 Å². The molecular formula is C13H13BrFN3S. The Bertz CT molecular complexity index is 565. The molecule has 0 aliphatic rings. The standard InChI is InChI=1S/C13H13BrFN3S/c1-2-7-16-13-17-8-9(14)12(18-13)19-11-6-4-3-5-10(11)15/h3-6,8H,2,7H2,1H3,(H,16,17,18). The predicted molar refractivity (Wildman–Crippen MR) is 79.0 cm³/mol. The Hall–Kier alpha value is -1.14. The Balaban J connectivity index is 2.21. The van der Waals surface area contributed by atoms with Gasteiger partial charge in [-0.15, -0.1) is 0 Å². The van der Waals surface area contributed by atoms with Crippen molar-refractivity contribution in [2.45, 2.75) is 23.3 Å². The van der Waals surface area contributed by atoms with E-state index in [1.807, 2.05) is 0 Å². The number of rotatable bonds is 5. The minimum Gasteiger partial charge on any atom is -0.354 e. The van der Waals surface area contributed by atoms with Gasteiger partial charge in [-0.2, -0.15) is 0 Å². The van der Waals surface area contributed by atoms with Crippen LogP contribution in [0, 0.1) is 5.82 Å². The molecule has 0 aliphatic heterocycles. The van der Waals surface area contributed by atoms with Gasteiger partial charge in [0.05, 0.1) is 4.47 Å². The molecule has 0 saturated carbocycles. The van der Waals surface area contributed by atoms with Crippen molar-refractivity contribution in [3.63, 3.8) is 0 Å². The van der Waals surface area contributed by atoms with E-state index in [0.29, 0.717) is 15.9 Å². The van der Waals surface area contributed by atoms with E-state index in [2.05, 4.69) is 38.1 Å². The first-order chi connectivity index (χ1) is 9.20. The molecule has 3 nitrogen and oxygen atoms in total. The third kappa shape index (κ3) is 3.91. The van der Waals surface area contributed by atoms with Gasteiger partial charge in [0.15, 0.2) is 0 Å². The Morgan fingerprint density at radius 3 is 2.89 bits per heavy atom. The second-order valence-electron chi connectivity index (χ2n) is 3.81. The molecular weight excluding hydrogens is 329 g/mol. The molecule has 0 unspecified atom stereocenters. The van der Waals surface area contributed by atoms with E-state index in [9.17, 15) is 4.39 Å². The number of nitrogens with zero attached hydrogens (tertiary/aromatic N) is 2. The maximum atomic E-state index is 13.6. The van der Waals surface area contributed by atoms with E-state index in [-0.39, 0.29) is 5.82 Å². The van der Waals surface area contributed by atoms with Crippen molar-refractivity contribution in [2.75, 3.05) is 11.9 Å². The van der Waals surface area contributed by atoms with Gasteiger partial charge in [0.2, 0.25) is 5.95 Å². The first-order valence-electron chi connectivity index (χ1n) is 5.89. The van der Waals surface area contributed by atoms with E-state index < -0.39 is 0 Å². The monoisotopic (exact) mass is 341 g/mol. The van der Waals surface area contributed by atoms with Crippen molar-refractivity contribution in [1.82, 2.24) is 9.97 Å². The largest absolute Gasteiger partial charge is 0.354 e. The minimum absolute atomic E-state index is 0.249. The van der Waals surface area contributed by atoms with Gasteiger partial charge in [-0.25, -0.2) is 14.4 Å². The summed E-state index contributed by atoms with van der Waals surface area (Å²) in [7, 11) is 0. The molecule has 0 aliphatic carbocycles. The fourth-order valence-corrected chi connectivity index (χ4v) is 2.61. The summed E-state index contributed by atoms with van der Waals surface area (Å²) in [6.07, 6.45) is 2.67. The molecule has 1 N–H and O–H groups in total. The quantitative estimate of drug-likeness (QED) is 0.820. The lowest BCUT2D eigenvalue weighted by Gasteiger charge is -2.07. The highest BCUT2D eigenvalue weighted by atomic mass is 79.9. The summed E-state index contributed by atoms with van der Waals surface area (Å²) in [5, 5.41) is 3.81. The number of hydrogen-bond acceptors (Lipinski definition) is 4. The molecule has 0 radical (unpaired) electrons. The Kier molecular flexibility index (Phi) is 5.15. The van der Waals surface area contributed by atoms with Crippen LogP contribution < -0.4 is 5.32 Å². The van der Waals surface area contributed by atoms with Crippen LogP contribution >= 0.6 is 27.7 Å². The summed E-state index contributed by atoms with van der Waals surface area (Å²) in [6.45, 7) is 2.88. The van der Waals surface area contributed by atoms with Crippen LogP contribution in [0.1, 0.15) is 13.3 Å². The van der Waals surface area contributed by atoms with Crippen LogP contribution in [0.5, 0.6) is 0 Å². The second kappa shape index (κ2) is 6.86. The molecule has 0 bridgehead atoms. The molecule has 0 saturated heterocycles. The Morgan fingerprint density at radius 1 is 1.37 bits per heavy atom. The zero-order valence-electron chi connectivity index (χ0n) is 10.4. The molecule has 1 aromatic carbocycles. The molecule has 19 heavy (non-hydrogen) atoms. The molecule has 0 fully saturated rings. The first kappa shape index (κ1) is 14.3. The van der Waals surface area contributed by atoms with Crippen LogP contribution in [-0.4, -0.2) is 16.5 Å². The molecule has 6 heteroatoms. The van der Waals surface area contributed by atoms with Crippen LogP contribution in [0.25, 0.3) is 0 Å². The van der Waals surface area contributed by atoms with Crippen molar-refractivity contribution in [3.05, 3.63) is 40.8 Å². The van der Waals surface area contributed by atoms with Gasteiger partial charge >= 0.3 is 0 Å². The topological polar surface area (TPSA) is 37.8 Å². The van der Waals surface area contributed by atoms with Crippen LogP contribution in [0.15, 0.2) is 44.9 Å². The van der Waals surface area contributed by atoms with E-state index in [4.69, 9.17) is 0 Å². The zero-order chi connectivity index (χ0) is 13.7. The smallest absolute Gasteiger partial charge is 0.223 e. The normalized spacial score (nSPS) is 10.5. The van der Waals surface area contributed by atoms with Crippen LogP contribution in [0.2, 0.25) is 0 Å². The van der Waals surface area contributed by atoms with Gasteiger partial charge < -0.3 is 5.32 Å². The van der Waals surface area contributed by atoms with Crippen LogP contribution in [0.3, 0.4) is 0 Å². The highest BCUT2D eigenvalue weighted by Gasteiger charge is 2.09. The van der Waals surface area contributed by atoms with Gasteiger partial charge in [-0.05, 0) is 34.5 Å². The maximum Gasteiger partial charge on any atom is 0.223 e. The highest BCUT2D eigenvalue weighted by Crippen LogP contribution is 2.33. The van der Waals surface area contributed by atoms with Gasteiger partial charge in [-0.1, -0.05) is 30.8 Å². The van der Waals surface area contributed by atoms with Crippen molar-refractivity contribution in [3.8, 4) is 0 Å². The minimum atomic E-state index is -0.249. The summed E-state index contributed by atoms with van der Waals surface area (Å²) in [5.41, 5.74) is 0. The molecule has 0 spiro atoms. The molecule has 0 atom stereocenters. The summed E-state index contributed by atoms with van der Waals surface area (Å²) >= 11 is 4.66. The van der Waals surface area contributed by atoms with Gasteiger partial charge in [0.1, 0.15) is 10.8 Å². The van der Waals surface area contributed by atoms with Crippen molar-refractivity contribution >= 4 is 33.6 Å². The fourth-order valence-electron chi connectivity index (χ4n) is 1.38. The molecule has 100 valence electrons. The van der Waals surface area contributed by atoms with Crippen molar-refractivity contribution in [2.24, 2.45) is 0 Å². The molecule has 0 amide bonds. The van der Waals surface area contributed by atoms with Crippen molar-refractivity contribution < 1.29 is 4.39 Å². The van der Waals surface area contributed by atoms with E-state index in [1.54, 1.807) is 24.4 Å². The second-order valence-corrected chi connectivity index (χ2v) is 5.69. The maximum absolute atomic E-state index is 13.6. The summed E-state index contributed by atoms with van der Waals surface area (Å²) in [4.78, 5) is 9.08. The Morgan fingerprint density at radius 2 is 2.16 bits per heavy atom. The molecule has 2 rings (SSSR count). The van der Waals surface area contributed by atoms with Gasteiger partial charge in [-0.3, -0.25) is 0 Å². The summed E-state index contributed by atoms with van der Waals surface area (Å²) < 4.78 is 14.4. The third-order valence-corrected chi connectivity index (χ3v) is 4.19. The molecule has 2 aromatic rings. The van der Waals surface area contributed by atoms with Gasteiger partial charge in [0, 0.05) is 17.6 Å². The first-order valence-corrected chi connectivity index (χ1v) is 7.50. The number of aromatic nitrogens is 2. The average molecular weight is 342 g/mol. The summed E-state index contributed by atoms with van der Waals surface area (Å²) in [6, 6.07) is 6.64. The van der Waals surface area contributed by atoms with Gasteiger partial charge in [0.25, 0.3) is 0 Å². The SMILES string of the molecule is CCCNc1ncc(Br)c(Sc2ccccc2F)n1. The molecule has 1 aromatic heterocycles. The van der Waals surface area contributed by atoms with E-state index >= 15 is 0 Å². The number of nitrogens with one attached hydrogen (secondary N) is 1. The number of anilines is 1. The van der Waals surface area contributed by atoms with Crippen LogP contribution in [0.4, 0.5) is 10.3 Å². The summed E-state index contributed by atoms with van der Waals surface area (Å²) in [5.74, 6) is 0.310.